The minimum Gasteiger partial charge on any atom is -0.478 e. The monoisotopic (exact) mass is 334 g/mol. The summed E-state index contributed by atoms with van der Waals surface area (Å²) in [6, 6.07) is 1.45. The minimum atomic E-state index is -3.14. The number of hydrogen-bond donors (Lipinski definition) is 2. The number of sulfone groups is 1. The Labute approximate surface area is 124 Å². The standard InChI is InChI=1S/C11H11ClN2O6S/c12-9-4-7(14(17)18)3-8(11(15)16)10(9)13-6-1-2-21(19,20)5-6/h3-4,6,13H,1-2,5H2,(H,15,16). The third-order valence-corrected chi connectivity index (χ3v) is 5.16. The van der Waals surface area contributed by atoms with Gasteiger partial charge in [-0.05, 0) is 6.42 Å². The number of nitro benzene ring substituents is 1. The summed E-state index contributed by atoms with van der Waals surface area (Å²) in [7, 11) is -3.14. The zero-order chi connectivity index (χ0) is 15.8. The Balaban J connectivity index is 2.39. The largest absolute Gasteiger partial charge is 0.478 e. The lowest BCUT2D eigenvalue weighted by atomic mass is 10.1. The summed E-state index contributed by atoms with van der Waals surface area (Å²) in [6.45, 7) is 0. The lowest BCUT2D eigenvalue weighted by Crippen LogP contribution is -2.22. The molecule has 0 bridgehead atoms. The van der Waals surface area contributed by atoms with Gasteiger partial charge in [0.1, 0.15) is 0 Å². The van der Waals surface area contributed by atoms with Gasteiger partial charge in [0.25, 0.3) is 5.69 Å². The summed E-state index contributed by atoms with van der Waals surface area (Å²) in [6.07, 6.45) is 0.328. The highest BCUT2D eigenvalue weighted by atomic mass is 35.5. The van der Waals surface area contributed by atoms with Crippen molar-refractivity contribution in [2.75, 3.05) is 16.8 Å². The zero-order valence-electron chi connectivity index (χ0n) is 10.6. The molecule has 0 aliphatic carbocycles. The highest BCUT2D eigenvalue weighted by Crippen LogP contribution is 2.33. The van der Waals surface area contributed by atoms with Crippen LogP contribution in [0.3, 0.4) is 0 Å². The van der Waals surface area contributed by atoms with E-state index in [1.54, 1.807) is 0 Å². The number of carboxylic acid groups (broad SMARTS) is 1. The van der Waals surface area contributed by atoms with E-state index in [4.69, 9.17) is 16.7 Å². The molecule has 2 N–H and O–H groups in total. The quantitative estimate of drug-likeness (QED) is 0.631. The smallest absolute Gasteiger partial charge is 0.338 e. The molecule has 0 amide bonds. The molecule has 1 heterocycles. The maximum atomic E-state index is 11.4. The predicted molar refractivity (Wildman–Crippen MR) is 75.7 cm³/mol. The predicted octanol–water partition coefficient (Wildman–Crippen LogP) is 1.55. The van der Waals surface area contributed by atoms with Gasteiger partial charge < -0.3 is 10.4 Å². The number of hydrogen-bond acceptors (Lipinski definition) is 6. The number of nitro groups is 1. The second kappa shape index (κ2) is 5.49. The summed E-state index contributed by atoms with van der Waals surface area (Å²) in [4.78, 5) is 21.2. The number of rotatable bonds is 4. The third kappa shape index (κ3) is 3.42. The van der Waals surface area contributed by atoms with Crippen LogP contribution < -0.4 is 5.32 Å². The highest BCUT2D eigenvalue weighted by molar-refractivity contribution is 7.91. The first-order valence-corrected chi connectivity index (χ1v) is 8.08. The molecule has 21 heavy (non-hydrogen) atoms. The molecular formula is C11H11ClN2O6S. The fourth-order valence-corrected chi connectivity index (χ4v) is 4.07. The van der Waals surface area contributed by atoms with Gasteiger partial charge in [-0.15, -0.1) is 0 Å². The number of carboxylic acids is 1. The van der Waals surface area contributed by atoms with Crippen LogP contribution in [0.25, 0.3) is 0 Å². The number of nitrogens with one attached hydrogen (secondary N) is 1. The van der Waals surface area contributed by atoms with Gasteiger partial charge in [0.05, 0.1) is 32.7 Å². The molecule has 0 aromatic heterocycles. The topological polar surface area (TPSA) is 127 Å². The minimum absolute atomic E-state index is 0.00290. The van der Waals surface area contributed by atoms with E-state index in [0.717, 1.165) is 12.1 Å². The van der Waals surface area contributed by atoms with Gasteiger partial charge in [-0.2, -0.15) is 0 Å². The lowest BCUT2D eigenvalue weighted by Gasteiger charge is -2.16. The summed E-state index contributed by atoms with van der Waals surface area (Å²) in [5.41, 5.74) is -0.808. The molecule has 114 valence electrons. The first-order valence-electron chi connectivity index (χ1n) is 5.88. The van der Waals surface area contributed by atoms with E-state index in [1.807, 2.05) is 0 Å². The van der Waals surface area contributed by atoms with Crippen LogP contribution in [0.5, 0.6) is 0 Å². The Hall–Kier alpha value is -1.87. The van der Waals surface area contributed by atoms with Crippen molar-refractivity contribution < 1.29 is 23.2 Å². The highest BCUT2D eigenvalue weighted by Gasteiger charge is 2.30. The van der Waals surface area contributed by atoms with Crippen molar-refractivity contribution in [3.63, 3.8) is 0 Å². The molecule has 0 spiro atoms. The Morgan fingerprint density at radius 3 is 2.62 bits per heavy atom. The van der Waals surface area contributed by atoms with E-state index in [1.165, 1.54) is 0 Å². The van der Waals surface area contributed by atoms with Crippen LogP contribution in [0.2, 0.25) is 5.02 Å². The van der Waals surface area contributed by atoms with Crippen LogP contribution in [0, 0.1) is 10.1 Å². The van der Waals surface area contributed by atoms with E-state index in [9.17, 15) is 23.3 Å². The van der Waals surface area contributed by atoms with Gasteiger partial charge in [-0.3, -0.25) is 10.1 Å². The van der Waals surface area contributed by atoms with E-state index in [2.05, 4.69) is 5.32 Å². The van der Waals surface area contributed by atoms with E-state index in [-0.39, 0.29) is 27.8 Å². The molecule has 1 fully saturated rings. The number of anilines is 1. The average Bonchev–Trinajstić information content (AvgIpc) is 2.70. The number of carbonyl (C=O) groups is 1. The van der Waals surface area contributed by atoms with Crippen LogP contribution in [0.4, 0.5) is 11.4 Å². The molecule has 1 unspecified atom stereocenters. The lowest BCUT2D eigenvalue weighted by molar-refractivity contribution is -0.384. The Morgan fingerprint density at radius 1 is 1.48 bits per heavy atom. The Kier molecular flexibility index (Phi) is 4.06. The third-order valence-electron chi connectivity index (χ3n) is 3.10. The molecule has 10 heteroatoms. The van der Waals surface area contributed by atoms with Crippen molar-refractivity contribution in [2.45, 2.75) is 12.5 Å². The Morgan fingerprint density at radius 2 is 2.14 bits per heavy atom. The summed E-state index contributed by atoms with van der Waals surface area (Å²) < 4.78 is 22.8. The first kappa shape index (κ1) is 15.5. The number of benzene rings is 1. The van der Waals surface area contributed by atoms with E-state index >= 15 is 0 Å². The molecule has 1 aromatic carbocycles. The molecule has 2 rings (SSSR count). The van der Waals surface area contributed by atoms with Crippen LogP contribution in [-0.2, 0) is 9.84 Å². The van der Waals surface area contributed by atoms with Crippen molar-refractivity contribution in [3.05, 3.63) is 32.8 Å². The fraction of sp³-hybridized carbons (Fsp3) is 0.364. The molecule has 1 aliphatic rings. The van der Waals surface area contributed by atoms with Crippen molar-refractivity contribution >= 4 is 38.8 Å². The van der Waals surface area contributed by atoms with Crippen LogP contribution in [-0.4, -0.2) is 42.0 Å². The van der Waals surface area contributed by atoms with E-state index < -0.39 is 32.5 Å². The first-order chi connectivity index (χ1) is 9.69. The second-order valence-corrected chi connectivity index (χ2v) is 7.29. The number of nitrogens with zero attached hydrogens (tertiary/aromatic N) is 1. The molecule has 8 nitrogen and oxygen atoms in total. The number of halogens is 1. The van der Waals surface area contributed by atoms with E-state index in [0.29, 0.717) is 6.42 Å². The molecule has 1 aliphatic heterocycles. The molecule has 0 radical (unpaired) electrons. The van der Waals surface area contributed by atoms with Gasteiger partial charge in [-0.1, -0.05) is 11.6 Å². The maximum absolute atomic E-state index is 11.4. The van der Waals surface area contributed by atoms with Gasteiger partial charge >= 0.3 is 5.97 Å². The van der Waals surface area contributed by atoms with Crippen LogP contribution in [0.15, 0.2) is 12.1 Å². The Bertz CT molecular complexity index is 718. The molecule has 1 saturated heterocycles. The van der Waals surface area contributed by atoms with Gasteiger partial charge in [0.15, 0.2) is 9.84 Å². The molecular weight excluding hydrogens is 324 g/mol. The van der Waals surface area contributed by atoms with Gasteiger partial charge in [0, 0.05) is 18.2 Å². The normalized spacial score (nSPS) is 20.1. The molecule has 1 atom stereocenters. The summed E-state index contributed by atoms with van der Waals surface area (Å²) in [5.74, 6) is -1.50. The van der Waals surface area contributed by atoms with Crippen molar-refractivity contribution in [2.24, 2.45) is 0 Å². The fourth-order valence-electron chi connectivity index (χ4n) is 2.13. The van der Waals surface area contributed by atoms with Gasteiger partial charge in [0.2, 0.25) is 0 Å². The van der Waals surface area contributed by atoms with Gasteiger partial charge in [-0.25, -0.2) is 13.2 Å². The van der Waals surface area contributed by atoms with Crippen LogP contribution >= 0.6 is 11.6 Å². The maximum Gasteiger partial charge on any atom is 0.338 e. The number of non-ortho nitro benzene ring substituents is 1. The summed E-state index contributed by atoms with van der Waals surface area (Å²) in [5, 5.41) is 22.5. The second-order valence-electron chi connectivity index (χ2n) is 4.66. The molecule has 1 aromatic rings. The summed E-state index contributed by atoms with van der Waals surface area (Å²) >= 11 is 5.89. The average molecular weight is 335 g/mol. The number of aromatic carboxylic acids is 1. The zero-order valence-corrected chi connectivity index (χ0v) is 12.1. The van der Waals surface area contributed by atoms with Crippen LogP contribution in [0.1, 0.15) is 16.8 Å². The van der Waals surface area contributed by atoms with Crippen molar-refractivity contribution in [1.29, 1.82) is 0 Å². The van der Waals surface area contributed by atoms with Crippen molar-refractivity contribution in [1.82, 2.24) is 0 Å². The SMILES string of the molecule is O=C(O)c1cc([N+](=O)[O-])cc(Cl)c1NC1CCS(=O)(=O)C1. The van der Waals surface area contributed by atoms with Crippen molar-refractivity contribution in [3.8, 4) is 0 Å². The molecule has 0 saturated carbocycles.